The van der Waals surface area contributed by atoms with Gasteiger partial charge in [-0.2, -0.15) is 0 Å². The van der Waals surface area contributed by atoms with Crippen molar-refractivity contribution in [3.05, 3.63) is 76.9 Å². The van der Waals surface area contributed by atoms with Crippen LogP contribution in [0.2, 0.25) is 0 Å². The highest BCUT2D eigenvalue weighted by Gasteiger charge is 2.19. The number of hydrogen-bond donors (Lipinski definition) is 2. The number of ether oxygens (including phenoxy) is 1. The van der Waals surface area contributed by atoms with E-state index in [1.807, 2.05) is 59.3 Å². The first kappa shape index (κ1) is 27.2. The molecule has 0 bridgehead atoms. The molecule has 0 radical (unpaired) electrons. The van der Waals surface area contributed by atoms with Crippen LogP contribution in [0.25, 0.3) is 34.2 Å². The normalized spacial score (nSPS) is 12.4. The highest BCUT2D eigenvalue weighted by molar-refractivity contribution is 5.72. The van der Waals surface area contributed by atoms with E-state index in [-0.39, 0.29) is 12.4 Å². The van der Waals surface area contributed by atoms with Crippen molar-refractivity contribution in [1.29, 1.82) is 0 Å². The van der Waals surface area contributed by atoms with Crippen molar-refractivity contribution in [2.24, 2.45) is 0 Å². The van der Waals surface area contributed by atoms with E-state index < -0.39 is 6.10 Å². The fourth-order valence-electron chi connectivity index (χ4n) is 4.53. The molecule has 0 aliphatic carbocycles. The summed E-state index contributed by atoms with van der Waals surface area (Å²) >= 11 is 0. The largest absolute Gasteiger partial charge is 0.507 e. The summed E-state index contributed by atoms with van der Waals surface area (Å²) in [5.74, 6) is 1.92. The first-order chi connectivity index (χ1) is 17.9. The molecule has 1 aromatic heterocycles. The number of phenolic OH excluding ortho intramolecular Hbond substituents is 1. The van der Waals surface area contributed by atoms with Crippen molar-refractivity contribution in [3.8, 4) is 45.7 Å². The first-order valence-electron chi connectivity index (χ1n) is 12.8. The standard InChI is InChI=1S/C31H36N4O3/c1-19-8-11-25(21(3)14-19)29-32-30(26-12-9-20(2)15-22(26)4)34-31(33-29)27-13-10-24(16-28(27)37)38-18-23(36)17-35(5,6)7/h8-16,23,36H,17-18H2,1-7H3/p+1. The summed E-state index contributed by atoms with van der Waals surface area (Å²) in [6.07, 6.45) is -0.624. The van der Waals surface area contributed by atoms with Gasteiger partial charge in [0.05, 0.1) is 26.7 Å². The zero-order chi connectivity index (χ0) is 27.6. The van der Waals surface area contributed by atoms with Crippen molar-refractivity contribution in [2.75, 3.05) is 34.3 Å². The van der Waals surface area contributed by atoms with Crippen LogP contribution in [0.1, 0.15) is 22.3 Å². The minimum atomic E-state index is -0.624. The Labute approximate surface area is 225 Å². The molecule has 1 atom stereocenters. The van der Waals surface area contributed by atoms with Gasteiger partial charge in [0.25, 0.3) is 0 Å². The molecule has 1 unspecified atom stereocenters. The zero-order valence-corrected chi connectivity index (χ0v) is 23.3. The van der Waals surface area contributed by atoms with Crippen molar-refractivity contribution >= 4 is 0 Å². The van der Waals surface area contributed by atoms with E-state index in [9.17, 15) is 10.2 Å². The SMILES string of the molecule is Cc1ccc(-c2nc(-c3ccc(C)cc3C)nc(-c3ccc(OCC(O)C[N+](C)(C)C)cc3O)n2)c(C)c1. The Morgan fingerprint density at radius 1 is 0.711 bits per heavy atom. The van der Waals surface area contributed by atoms with E-state index in [0.717, 1.165) is 33.4 Å². The smallest absolute Gasteiger partial charge is 0.167 e. The van der Waals surface area contributed by atoms with Gasteiger partial charge in [-0.05, 0) is 51.0 Å². The molecular formula is C31H37N4O3+. The molecule has 0 spiro atoms. The van der Waals surface area contributed by atoms with Gasteiger partial charge in [-0.1, -0.05) is 47.5 Å². The highest BCUT2D eigenvalue weighted by Crippen LogP contribution is 2.34. The molecule has 0 fully saturated rings. The number of hydrogen-bond acceptors (Lipinski definition) is 6. The maximum Gasteiger partial charge on any atom is 0.167 e. The molecule has 0 saturated carbocycles. The molecule has 2 N–H and O–H groups in total. The Bertz CT molecular complexity index is 1390. The van der Waals surface area contributed by atoms with Crippen LogP contribution in [0, 0.1) is 27.7 Å². The fourth-order valence-corrected chi connectivity index (χ4v) is 4.53. The quantitative estimate of drug-likeness (QED) is 0.313. The topological polar surface area (TPSA) is 88.4 Å². The number of quaternary nitrogens is 1. The molecule has 0 saturated heterocycles. The average Bonchev–Trinajstić information content (AvgIpc) is 2.81. The Kier molecular flexibility index (Phi) is 7.81. The number of rotatable bonds is 8. The van der Waals surface area contributed by atoms with Crippen LogP contribution in [0.3, 0.4) is 0 Å². The lowest BCUT2D eigenvalue weighted by Crippen LogP contribution is -2.43. The molecule has 0 aliphatic heterocycles. The van der Waals surface area contributed by atoms with Gasteiger partial charge in [-0.25, -0.2) is 15.0 Å². The van der Waals surface area contributed by atoms with E-state index >= 15 is 0 Å². The molecule has 3 aromatic carbocycles. The number of aliphatic hydroxyl groups excluding tert-OH is 1. The second-order valence-corrected chi connectivity index (χ2v) is 11.1. The zero-order valence-electron chi connectivity index (χ0n) is 23.3. The summed E-state index contributed by atoms with van der Waals surface area (Å²) in [6.45, 7) is 8.88. The Balaban J connectivity index is 1.74. The number of aromatic nitrogens is 3. The maximum absolute atomic E-state index is 11.0. The average molecular weight is 514 g/mol. The third-order valence-corrected chi connectivity index (χ3v) is 6.29. The number of likely N-dealkylation sites (N-methyl/N-ethyl adjacent to an activating group) is 1. The molecular weight excluding hydrogens is 476 g/mol. The Morgan fingerprint density at radius 3 is 1.63 bits per heavy atom. The van der Waals surface area contributed by atoms with E-state index in [1.165, 1.54) is 6.07 Å². The van der Waals surface area contributed by atoms with Crippen molar-refractivity contribution in [3.63, 3.8) is 0 Å². The summed E-state index contributed by atoms with van der Waals surface area (Å²) in [7, 11) is 6.03. The summed E-state index contributed by atoms with van der Waals surface area (Å²) in [5.41, 5.74) is 6.75. The molecule has 4 rings (SSSR count). The van der Waals surface area contributed by atoms with Crippen LogP contribution < -0.4 is 4.74 Å². The van der Waals surface area contributed by atoms with Crippen molar-refractivity contribution in [1.82, 2.24) is 15.0 Å². The van der Waals surface area contributed by atoms with Crippen LogP contribution in [-0.2, 0) is 0 Å². The molecule has 1 heterocycles. The molecule has 38 heavy (non-hydrogen) atoms. The monoisotopic (exact) mass is 513 g/mol. The number of aryl methyl sites for hydroxylation is 4. The lowest BCUT2D eigenvalue weighted by atomic mass is 10.0. The van der Waals surface area contributed by atoms with Gasteiger partial charge >= 0.3 is 0 Å². The summed E-state index contributed by atoms with van der Waals surface area (Å²) < 4.78 is 6.38. The number of phenols is 1. The fraction of sp³-hybridized carbons (Fsp3) is 0.323. The predicted octanol–water partition coefficient (Wildman–Crippen LogP) is 5.26. The van der Waals surface area contributed by atoms with Gasteiger partial charge in [0.2, 0.25) is 0 Å². The van der Waals surface area contributed by atoms with E-state index in [4.69, 9.17) is 19.7 Å². The maximum atomic E-state index is 11.0. The minimum absolute atomic E-state index is 0.00653. The Hall–Kier alpha value is -3.81. The molecule has 7 nitrogen and oxygen atoms in total. The van der Waals surface area contributed by atoms with E-state index in [0.29, 0.717) is 39.8 Å². The molecule has 0 amide bonds. The van der Waals surface area contributed by atoms with Crippen molar-refractivity contribution in [2.45, 2.75) is 33.8 Å². The van der Waals surface area contributed by atoms with Crippen molar-refractivity contribution < 1.29 is 19.4 Å². The van der Waals surface area contributed by atoms with E-state index in [2.05, 4.69) is 26.0 Å². The lowest BCUT2D eigenvalue weighted by Gasteiger charge is -2.26. The minimum Gasteiger partial charge on any atom is -0.507 e. The number of nitrogens with zero attached hydrogens (tertiary/aromatic N) is 4. The Morgan fingerprint density at radius 2 is 1.18 bits per heavy atom. The second-order valence-electron chi connectivity index (χ2n) is 11.1. The van der Waals surface area contributed by atoms with Crippen LogP contribution in [0.4, 0.5) is 0 Å². The van der Waals surface area contributed by atoms with Gasteiger partial charge in [-0.15, -0.1) is 0 Å². The number of aliphatic hydroxyl groups is 1. The number of benzene rings is 3. The lowest BCUT2D eigenvalue weighted by molar-refractivity contribution is -0.873. The molecule has 0 aliphatic rings. The number of aromatic hydroxyl groups is 1. The van der Waals surface area contributed by atoms with Crippen LogP contribution >= 0.6 is 0 Å². The summed E-state index contributed by atoms with van der Waals surface area (Å²) in [5, 5.41) is 21.2. The van der Waals surface area contributed by atoms with Crippen LogP contribution in [0.5, 0.6) is 11.5 Å². The second kappa shape index (κ2) is 10.9. The van der Waals surface area contributed by atoms with Gasteiger partial charge in [0, 0.05) is 17.2 Å². The van der Waals surface area contributed by atoms with Gasteiger partial charge < -0.3 is 19.4 Å². The van der Waals surface area contributed by atoms with E-state index in [1.54, 1.807) is 12.1 Å². The van der Waals surface area contributed by atoms with Crippen LogP contribution in [-0.4, -0.2) is 70.0 Å². The molecule has 198 valence electrons. The predicted molar refractivity (Wildman–Crippen MR) is 151 cm³/mol. The van der Waals surface area contributed by atoms with Crippen LogP contribution in [0.15, 0.2) is 54.6 Å². The summed E-state index contributed by atoms with van der Waals surface area (Å²) in [4.78, 5) is 14.4. The van der Waals surface area contributed by atoms with Gasteiger partial charge in [-0.3, -0.25) is 0 Å². The summed E-state index contributed by atoms with van der Waals surface area (Å²) in [6, 6.07) is 17.4. The third-order valence-electron chi connectivity index (χ3n) is 6.29. The molecule has 4 aromatic rings. The van der Waals surface area contributed by atoms with Gasteiger partial charge in [0.1, 0.15) is 30.8 Å². The van der Waals surface area contributed by atoms with Gasteiger partial charge in [0.15, 0.2) is 17.5 Å². The molecule has 7 heteroatoms. The third kappa shape index (κ3) is 6.54. The first-order valence-corrected chi connectivity index (χ1v) is 12.8. The highest BCUT2D eigenvalue weighted by atomic mass is 16.5.